The number of carbonyl (C=O) groups is 1. The molecule has 0 spiro atoms. The average molecular weight is 200 g/mol. The molecule has 84 valence electrons. The predicted octanol–water partition coefficient (Wildman–Crippen LogP) is 3.54. The van der Waals surface area contributed by atoms with E-state index in [1.807, 2.05) is 13.8 Å². The van der Waals surface area contributed by atoms with Crippen molar-refractivity contribution in [3.63, 3.8) is 0 Å². The van der Waals surface area contributed by atoms with Crippen LogP contribution in [0, 0.1) is 5.92 Å². The molecular formula is C12H24O2. The van der Waals surface area contributed by atoms with Crippen molar-refractivity contribution in [2.75, 3.05) is 0 Å². The summed E-state index contributed by atoms with van der Waals surface area (Å²) in [7, 11) is 0. The van der Waals surface area contributed by atoms with Crippen LogP contribution in [0.5, 0.6) is 0 Å². The van der Waals surface area contributed by atoms with E-state index in [0.717, 1.165) is 12.8 Å². The summed E-state index contributed by atoms with van der Waals surface area (Å²) < 4.78 is 5.37. The van der Waals surface area contributed by atoms with Gasteiger partial charge >= 0.3 is 5.97 Å². The Labute approximate surface area is 88.0 Å². The van der Waals surface area contributed by atoms with Crippen molar-refractivity contribution in [3.8, 4) is 0 Å². The minimum Gasteiger partial charge on any atom is -0.462 e. The predicted molar refractivity (Wildman–Crippen MR) is 59.2 cm³/mol. The Morgan fingerprint density at radius 2 is 1.86 bits per heavy atom. The monoisotopic (exact) mass is 200 g/mol. The van der Waals surface area contributed by atoms with E-state index in [4.69, 9.17) is 4.74 Å². The Morgan fingerprint density at radius 1 is 1.21 bits per heavy atom. The van der Waals surface area contributed by atoms with Gasteiger partial charge in [-0.15, -0.1) is 0 Å². The highest BCUT2D eigenvalue weighted by molar-refractivity contribution is 5.71. The molecule has 0 radical (unpaired) electrons. The standard InChI is InChI=1S/C12H24O2/c1-5-7-8-9-11(6-2)14-12(13)10(3)4/h10-11H,5-9H2,1-4H3. The Kier molecular flexibility index (Phi) is 7.54. The molecule has 0 aromatic heterocycles. The number of carbonyl (C=O) groups excluding carboxylic acids is 1. The number of hydrogen-bond donors (Lipinski definition) is 0. The molecule has 0 aliphatic heterocycles. The van der Waals surface area contributed by atoms with Gasteiger partial charge in [-0.25, -0.2) is 0 Å². The summed E-state index contributed by atoms with van der Waals surface area (Å²) in [5, 5.41) is 0. The summed E-state index contributed by atoms with van der Waals surface area (Å²) in [4.78, 5) is 11.3. The molecule has 0 fully saturated rings. The van der Waals surface area contributed by atoms with E-state index in [1.165, 1.54) is 19.3 Å². The third-order valence-corrected chi connectivity index (χ3v) is 2.34. The highest BCUT2D eigenvalue weighted by Crippen LogP contribution is 2.12. The molecule has 0 amide bonds. The molecule has 0 saturated heterocycles. The molecule has 2 heteroatoms. The summed E-state index contributed by atoms with van der Waals surface area (Å²) in [6.07, 6.45) is 5.70. The third-order valence-electron chi connectivity index (χ3n) is 2.34. The molecule has 0 bridgehead atoms. The number of esters is 1. The van der Waals surface area contributed by atoms with Crippen LogP contribution < -0.4 is 0 Å². The van der Waals surface area contributed by atoms with Crippen molar-refractivity contribution in [1.82, 2.24) is 0 Å². The SMILES string of the molecule is CCCCCC(CC)OC(=O)C(C)C. The third kappa shape index (κ3) is 6.01. The fourth-order valence-electron chi connectivity index (χ4n) is 1.27. The lowest BCUT2D eigenvalue weighted by molar-refractivity contribution is -0.153. The van der Waals surface area contributed by atoms with Crippen LogP contribution in [-0.2, 0) is 9.53 Å². The first-order chi connectivity index (χ1) is 6.61. The summed E-state index contributed by atoms with van der Waals surface area (Å²) in [5.74, 6) is -0.0661. The van der Waals surface area contributed by atoms with Crippen molar-refractivity contribution in [2.24, 2.45) is 5.92 Å². The maximum absolute atomic E-state index is 11.3. The van der Waals surface area contributed by atoms with Crippen molar-refractivity contribution in [3.05, 3.63) is 0 Å². The summed E-state index contributed by atoms with van der Waals surface area (Å²) in [5.41, 5.74) is 0. The molecule has 2 nitrogen and oxygen atoms in total. The van der Waals surface area contributed by atoms with E-state index in [0.29, 0.717) is 0 Å². The fourth-order valence-corrected chi connectivity index (χ4v) is 1.27. The number of unbranched alkanes of at least 4 members (excludes halogenated alkanes) is 2. The van der Waals surface area contributed by atoms with E-state index >= 15 is 0 Å². The van der Waals surface area contributed by atoms with Gasteiger partial charge in [0, 0.05) is 0 Å². The van der Waals surface area contributed by atoms with Gasteiger partial charge in [0.15, 0.2) is 0 Å². The normalized spacial score (nSPS) is 12.9. The van der Waals surface area contributed by atoms with Crippen molar-refractivity contribution in [1.29, 1.82) is 0 Å². The second-order valence-electron chi connectivity index (χ2n) is 4.12. The van der Waals surface area contributed by atoms with E-state index in [9.17, 15) is 4.79 Å². The largest absolute Gasteiger partial charge is 0.462 e. The highest BCUT2D eigenvalue weighted by Gasteiger charge is 2.14. The smallest absolute Gasteiger partial charge is 0.308 e. The first-order valence-electron chi connectivity index (χ1n) is 5.82. The fraction of sp³-hybridized carbons (Fsp3) is 0.917. The molecule has 0 saturated carbocycles. The van der Waals surface area contributed by atoms with Crippen molar-refractivity contribution >= 4 is 5.97 Å². The topological polar surface area (TPSA) is 26.3 Å². The zero-order valence-electron chi connectivity index (χ0n) is 10.0. The first kappa shape index (κ1) is 13.5. The molecule has 0 heterocycles. The van der Waals surface area contributed by atoms with Crippen LogP contribution in [0.2, 0.25) is 0 Å². The molecular weight excluding hydrogens is 176 g/mol. The van der Waals surface area contributed by atoms with Gasteiger partial charge in [-0.05, 0) is 19.3 Å². The van der Waals surface area contributed by atoms with Crippen LogP contribution in [0.1, 0.15) is 59.8 Å². The molecule has 0 aliphatic rings. The van der Waals surface area contributed by atoms with E-state index in [1.54, 1.807) is 0 Å². The van der Waals surface area contributed by atoms with Crippen molar-refractivity contribution in [2.45, 2.75) is 65.9 Å². The van der Waals surface area contributed by atoms with Crippen LogP contribution in [0.4, 0.5) is 0 Å². The Bertz CT molecular complexity index is 152. The van der Waals surface area contributed by atoms with Gasteiger partial charge in [0.2, 0.25) is 0 Å². The van der Waals surface area contributed by atoms with Crippen LogP contribution in [0.25, 0.3) is 0 Å². The van der Waals surface area contributed by atoms with Gasteiger partial charge < -0.3 is 4.74 Å². The van der Waals surface area contributed by atoms with Crippen LogP contribution >= 0.6 is 0 Å². The van der Waals surface area contributed by atoms with E-state index < -0.39 is 0 Å². The second-order valence-corrected chi connectivity index (χ2v) is 4.12. The van der Waals surface area contributed by atoms with Gasteiger partial charge in [0.05, 0.1) is 5.92 Å². The molecule has 1 unspecified atom stereocenters. The van der Waals surface area contributed by atoms with Crippen LogP contribution in [-0.4, -0.2) is 12.1 Å². The van der Waals surface area contributed by atoms with Gasteiger partial charge in [0.1, 0.15) is 6.10 Å². The first-order valence-corrected chi connectivity index (χ1v) is 5.82. The van der Waals surface area contributed by atoms with Gasteiger partial charge in [-0.2, -0.15) is 0 Å². The molecule has 14 heavy (non-hydrogen) atoms. The number of hydrogen-bond acceptors (Lipinski definition) is 2. The quantitative estimate of drug-likeness (QED) is 0.464. The minimum atomic E-state index is -0.0617. The van der Waals surface area contributed by atoms with Crippen molar-refractivity contribution < 1.29 is 9.53 Å². The summed E-state index contributed by atoms with van der Waals surface area (Å²) in [6, 6.07) is 0. The lowest BCUT2D eigenvalue weighted by Gasteiger charge is -2.17. The van der Waals surface area contributed by atoms with Gasteiger partial charge in [-0.1, -0.05) is 40.5 Å². The lowest BCUT2D eigenvalue weighted by Crippen LogP contribution is -2.21. The number of ether oxygens (including phenoxy) is 1. The Hall–Kier alpha value is -0.530. The van der Waals surface area contributed by atoms with Crippen LogP contribution in [0.3, 0.4) is 0 Å². The summed E-state index contributed by atoms with van der Waals surface area (Å²) in [6.45, 7) is 8.01. The Balaban J connectivity index is 3.73. The molecule has 0 N–H and O–H groups in total. The molecule has 0 rings (SSSR count). The lowest BCUT2D eigenvalue weighted by atomic mass is 10.1. The van der Waals surface area contributed by atoms with E-state index in [2.05, 4.69) is 13.8 Å². The molecule has 0 aromatic carbocycles. The maximum Gasteiger partial charge on any atom is 0.308 e. The highest BCUT2D eigenvalue weighted by atomic mass is 16.5. The summed E-state index contributed by atoms with van der Waals surface area (Å²) >= 11 is 0. The average Bonchev–Trinajstić information content (AvgIpc) is 2.16. The van der Waals surface area contributed by atoms with E-state index in [-0.39, 0.29) is 18.0 Å². The maximum atomic E-state index is 11.3. The zero-order valence-corrected chi connectivity index (χ0v) is 10.0. The molecule has 0 aromatic rings. The number of rotatable bonds is 7. The zero-order chi connectivity index (χ0) is 11.0. The van der Waals surface area contributed by atoms with Crippen LogP contribution in [0.15, 0.2) is 0 Å². The van der Waals surface area contributed by atoms with Gasteiger partial charge in [0.25, 0.3) is 0 Å². The Morgan fingerprint density at radius 3 is 2.29 bits per heavy atom. The molecule has 0 aliphatic carbocycles. The molecule has 1 atom stereocenters. The van der Waals surface area contributed by atoms with Gasteiger partial charge in [-0.3, -0.25) is 4.79 Å². The second kappa shape index (κ2) is 7.84. The minimum absolute atomic E-state index is 0.00442.